The summed E-state index contributed by atoms with van der Waals surface area (Å²) in [4.78, 5) is 21.6. The monoisotopic (exact) mass is 315 g/mol. The van der Waals surface area contributed by atoms with Crippen LogP contribution in [0.3, 0.4) is 0 Å². The Morgan fingerprint density at radius 3 is 2.74 bits per heavy atom. The van der Waals surface area contributed by atoms with Gasteiger partial charge in [0.1, 0.15) is 0 Å². The second-order valence-electron chi connectivity index (χ2n) is 4.79. The molecule has 7 heteroatoms. The lowest BCUT2D eigenvalue weighted by molar-refractivity contribution is -0.385. The zero-order valence-electron chi connectivity index (χ0n) is 12.6. The van der Waals surface area contributed by atoms with Gasteiger partial charge in [0.25, 0.3) is 0 Å². The molecule has 2 rings (SSSR count). The van der Waals surface area contributed by atoms with Gasteiger partial charge in [0.2, 0.25) is 5.91 Å². The molecule has 1 amide bonds. The van der Waals surface area contributed by atoms with E-state index in [9.17, 15) is 14.9 Å². The van der Waals surface area contributed by atoms with Crippen molar-refractivity contribution in [2.24, 2.45) is 5.73 Å². The third-order valence-electron chi connectivity index (χ3n) is 3.16. The Morgan fingerprint density at radius 2 is 2.09 bits per heavy atom. The molecule has 0 radical (unpaired) electrons. The maximum absolute atomic E-state index is 11.2. The van der Waals surface area contributed by atoms with Gasteiger partial charge in [-0.25, -0.2) is 0 Å². The van der Waals surface area contributed by atoms with Crippen LogP contribution in [0.1, 0.15) is 22.8 Å². The van der Waals surface area contributed by atoms with Crippen molar-refractivity contribution in [1.82, 2.24) is 0 Å². The first-order valence-corrected chi connectivity index (χ1v) is 7.05. The largest absolute Gasteiger partial charge is 0.487 e. The minimum Gasteiger partial charge on any atom is -0.487 e. The van der Waals surface area contributed by atoms with Crippen molar-refractivity contribution in [2.45, 2.75) is 13.5 Å². The molecule has 7 nitrogen and oxygen atoms in total. The van der Waals surface area contributed by atoms with Gasteiger partial charge in [-0.15, -0.1) is 0 Å². The molecule has 120 valence electrons. The number of carbonyl (C=O) groups is 1. The molecule has 0 bridgehead atoms. The number of hydrogen-bond donors (Lipinski definition) is 2. The van der Waals surface area contributed by atoms with E-state index in [4.69, 9.17) is 10.5 Å². The summed E-state index contributed by atoms with van der Waals surface area (Å²) >= 11 is 0. The topological polar surface area (TPSA) is 107 Å². The van der Waals surface area contributed by atoms with E-state index in [1.165, 1.54) is 6.07 Å². The fraction of sp³-hybridized carbons (Fsp3) is 0.188. The first-order valence-electron chi connectivity index (χ1n) is 7.05. The molecule has 2 aromatic rings. The van der Waals surface area contributed by atoms with Crippen LogP contribution in [0.15, 0.2) is 42.5 Å². The van der Waals surface area contributed by atoms with E-state index in [-0.39, 0.29) is 11.4 Å². The quantitative estimate of drug-likeness (QED) is 0.603. The van der Waals surface area contributed by atoms with Crippen molar-refractivity contribution in [2.75, 3.05) is 11.9 Å². The van der Waals surface area contributed by atoms with Gasteiger partial charge in [-0.05, 0) is 30.7 Å². The Labute approximate surface area is 133 Å². The zero-order chi connectivity index (χ0) is 16.8. The number of anilines is 1. The number of hydrogen-bond acceptors (Lipinski definition) is 5. The van der Waals surface area contributed by atoms with Crippen molar-refractivity contribution < 1.29 is 14.5 Å². The van der Waals surface area contributed by atoms with E-state index in [1.54, 1.807) is 37.3 Å². The van der Waals surface area contributed by atoms with E-state index in [1.807, 2.05) is 6.07 Å². The van der Waals surface area contributed by atoms with Crippen LogP contribution < -0.4 is 15.8 Å². The Bertz CT molecular complexity index is 731. The van der Waals surface area contributed by atoms with Crippen LogP contribution in [0.25, 0.3) is 0 Å². The number of nitro benzene ring substituents is 1. The lowest BCUT2D eigenvalue weighted by atomic mass is 10.1. The van der Waals surface area contributed by atoms with Crippen LogP contribution in [-0.4, -0.2) is 17.4 Å². The molecule has 23 heavy (non-hydrogen) atoms. The summed E-state index contributed by atoms with van der Waals surface area (Å²) in [7, 11) is 0. The maximum Gasteiger partial charge on any atom is 0.311 e. The van der Waals surface area contributed by atoms with Crippen LogP contribution in [0, 0.1) is 10.1 Å². The standard InChI is InChI=1S/C16H17N3O4/c1-2-23-15-9-13(6-7-14(15)19(21)22)18-10-11-4-3-5-12(8-11)16(17)20/h3-9,18H,2,10H2,1H3,(H2,17,20). The highest BCUT2D eigenvalue weighted by molar-refractivity contribution is 5.92. The first-order chi connectivity index (χ1) is 11.0. The molecule has 0 heterocycles. The predicted molar refractivity (Wildman–Crippen MR) is 86.6 cm³/mol. The summed E-state index contributed by atoms with van der Waals surface area (Å²) in [5, 5.41) is 14.1. The summed E-state index contributed by atoms with van der Waals surface area (Å²) in [6.45, 7) is 2.55. The van der Waals surface area contributed by atoms with Gasteiger partial charge in [-0.3, -0.25) is 14.9 Å². The summed E-state index contributed by atoms with van der Waals surface area (Å²) in [5.74, 6) is -0.269. The summed E-state index contributed by atoms with van der Waals surface area (Å²) in [6, 6.07) is 11.5. The molecular formula is C16H17N3O4. The number of nitro groups is 1. The molecule has 0 unspecified atom stereocenters. The highest BCUT2D eigenvalue weighted by Gasteiger charge is 2.15. The van der Waals surface area contributed by atoms with Gasteiger partial charge in [0.15, 0.2) is 5.75 Å². The van der Waals surface area contributed by atoms with E-state index in [2.05, 4.69) is 5.32 Å². The van der Waals surface area contributed by atoms with Crippen molar-refractivity contribution >= 4 is 17.3 Å². The molecule has 0 saturated carbocycles. The number of rotatable bonds is 7. The van der Waals surface area contributed by atoms with Crippen molar-refractivity contribution in [3.63, 3.8) is 0 Å². The molecule has 0 fully saturated rings. The second kappa shape index (κ2) is 7.26. The number of ether oxygens (including phenoxy) is 1. The summed E-state index contributed by atoms with van der Waals surface area (Å²) in [6.07, 6.45) is 0. The van der Waals surface area contributed by atoms with Crippen LogP contribution in [-0.2, 0) is 6.54 Å². The molecule has 0 aliphatic heterocycles. The minimum absolute atomic E-state index is 0.0758. The number of nitrogens with zero attached hydrogens (tertiary/aromatic N) is 1. The molecule has 0 spiro atoms. The van der Waals surface area contributed by atoms with E-state index < -0.39 is 10.8 Å². The lowest BCUT2D eigenvalue weighted by Gasteiger charge is -2.10. The fourth-order valence-electron chi connectivity index (χ4n) is 2.08. The van der Waals surface area contributed by atoms with Crippen LogP contribution in [0.4, 0.5) is 11.4 Å². The Morgan fingerprint density at radius 1 is 1.30 bits per heavy atom. The lowest BCUT2D eigenvalue weighted by Crippen LogP contribution is -2.11. The average molecular weight is 315 g/mol. The maximum atomic E-state index is 11.2. The molecule has 0 aliphatic carbocycles. The third kappa shape index (κ3) is 4.19. The van der Waals surface area contributed by atoms with E-state index in [0.29, 0.717) is 24.4 Å². The molecular weight excluding hydrogens is 298 g/mol. The fourth-order valence-corrected chi connectivity index (χ4v) is 2.08. The zero-order valence-corrected chi connectivity index (χ0v) is 12.6. The Balaban J connectivity index is 2.14. The second-order valence-corrected chi connectivity index (χ2v) is 4.79. The van der Waals surface area contributed by atoms with Crippen molar-refractivity contribution in [1.29, 1.82) is 0 Å². The van der Waals surface area contributed by atoms with Gasteiger partial charge >= 0.3 is 5.69 Å². The Kier molecular flexibility index (Phi) is 5.14. The van der Waals surface area contributed by atoms with Crippen molar-refractivity contribution in [3.05, 3.63) is 63.7 Å². The SMILES string of the molecule is CCOc1cc(NCc2cccc(C(N)=O)c2)ccc1[N+](=O)[O-]. The molecule has 0 aliphatic rings. The molecule has 0 saturated heterocycles. The summed E-state index contributed by atoms with van der Waals surface area (Å²) in [5.41, 5.74) is 7.16. The highest BCUT2D eigenvalue weighted by Crippen LogP contribution is 2.30. The minimum atomic E-state index is -0.485. The summed E-state index contributed by atoms with van der Waals surface area (Å²) < 4.78 is 5.30. The number of carbonyl (C=O) groups excluding carboxylic acids is 1. The molecule has 2 aromatic carbocycles. The smallest absolute Gasteiger partial charge is 0.311 e. The van der Waals surface area contributed by atoms with Gasteiger partial charge in [-0.2, -0.15) is 0 Å². The number of nitrogens with one attached hydrogen (secondary N) is 1. The number of benzene rings is 2. The first kappa shape index (κ1) is 16.3. The van der Waals surface area contributed by atoms with Gasteiger partial charge in [-0.1, -0.05) is 12.1 Å². The van der Waals surface area contributed by atoms with Gasteiger partial charge in [0, 0.05) is 29.9 Å². The van der Waals surface area contributed by atoms with Crippen LogP contribution in [0.5, 0.6) is 5.75 Å². The Hall–Kier alpha value is -3.09. The molecule has 3 N–H and O–H groups in total. The van der Waals surface area contributed by atoms with Gasteiger partial charge < -0.3 is 15.8 Å². The molecule has 0 atom stereocenters. The van der Waals surface area contributed by atoms with Crippen LogP contribution >= 0.6 is 0 Å². The van der Waals surface area contributed by atoms with Gasteiger partial charge in [0.05, 0.1) is 11.5 Å². The van der Waals surface area contributed by atoms with E-state index >= 15 is 0 Å². The molecule has 0 aromatic heterocycles. The number of amides is 1. The van der Waals surface area contributed by atoms with E-state index in [0.717, 1.165) is 5.56 Å². The normalized spacial score (nSPS) is 10.1. The van der Waals surface area contributed by atoms with Crippen molar-refractivity contribution in [3.8, 4) is 5.75 Å². The average Bonchev–Trinajstić information content (AvgIpc) is 2.53. The number of primary amides is 1. The van der Waals surface area contributed by atoms with Crippen LogP contribution in [0.2, 0.25) is 0 Å². The third-order valence-corrected chi connectivity index (χ3v) is 3.16. The predicted octanol–water partition coefficient (Wildman–Crippen LogP) is 2.70. The highest BCUT2D eigenvalue weighted by atomic mass is 16.6. The number of nitrogens with two attached hydrogens (primary N) is 1.